The van der Waals surface area contributed by atoms with Crippen LogP contribution in [0.1, 0.15) is 25.7 Å². The molecule has 0 aliphatic carbocycles. The van der Waals surface area contributed by atoms with Crippen LogP contribution in [0.25, 0.3) is 11.1 Å². The van der Waals surface area contributed by atoms with Crippen molar-refractivity contribution in [3.63, 3.8) is 0 Å². The lowest BCUT2D eigenvalue weighted by atomic mass is 10.2. The Bertz CT molecular complexity index is 987. The third-order valence-corrected chi connectivity index (χ3v) is 8.05. The maximum absolute atomic E-state index is 12.9. The summed E-state index contributed by atoms with van der Waals surface area (Å²) < 4.78 is 36.9. The molecular weight excluding hydrogens is 448 g/mol. The van der Waals surface area contributed by atoms with Gasteiger partial charge in [0.2, 0.25) is 0 Å². The van der Waals surface area contributed by atoms with Gasteiger partial charge in [-0.3, -0.25) is 9.47 Å². The van der Waals surface area contributed by atoms with Crippen LogP contribution in [0.4, 0.5) is 0 Å². The predicted octanol–water partition coefficient (Wildman–Crippen LogP) is 2.05. The highest BCUT2D eigenvalue weighted by Gasteiger charge is 2.32. The number of hydrogen-bond donors (Lipinski definition) is 0. The maximum atomic E-state index is 12.9. The van der Waals surface area contributed by atoms with E-state index in [9.17, 15) is 13.2 Å². The monoisotopic (exact) mass is 472 g/mol. The van der Waals surface area contributed by atoms with Gasteiger partial charge in [-0.05, 0) is 31.0 Å². The average molecular weight is 473 g/mol. The summed E-state index contributed by atoms with van der Waals surface area (Å²) in [6, 6.07) is 5.50. The first kappa shape index (κ1) is 20.1. The van der Waals surface area contributed by atoms with Gasteiger partial charge in [-0.2, -0.15) is 17.0 Å². The first-order valence-corrected chi connectivity index (χ1v) is 11.9. The molecule has 0 radical (unpaired) electrons. The Kier molecular flexibility index (Phi) is 5.93. The van der Waals surface area contributed by atoms with Crippen LogP contribution >= 0.6 is 15.9 Å². The molecule has 2 fully saturated rings. The molecule has 10 heteroatoms. The van der Waals surface area contributed by atoms with Crippen LogP contribution in [0, 0.1) is 0 Å². The van der Waals surface area contributed by atoms with Crippen LogP contribution in [-0.4, -0.2) is 65.8 Å². The minimum atomic E-state index is -3.39. The third kappa shape index (κ3) is 4.06. The largest absolute Gasteiger partial charge is 0.421 e. The molecule has 1 aromatic heterocycles. The first-order valence-electron chi connectivity index (χ1n) is 9.71. The second kappa shape index (κ2) is 8.27. The zero-order valence-electron chi connectivity index (χ0n) is 15.7. The summed E-state index contributed by atoms with van der Waals surface area (Å²) >= 11 is 3.38. The average Bonchev–Trinajstić information content (AvgIpc) is 2.86. The van der Waals surface area contributed by atoms with Crippen molar-refractivity contribution in [3.05, 3.63) is 33.2 Å². The topological polar surface area (TPSA) is 79.0 Å². The van der Waals surface area contributed by atoms with Gasteiger partial charge >= 0.3 is 5.76 Å². The Labute approximate surface area is 173 Å². The number of nitrogens with zero attached hydrogens (tertiary/aromatic N) is 4. The number of halogens is 1. The van der Waals surface area contributed by atoms with Crippen molar-refractivity contribution in [1.29, 1.82) is 0 Å². The zero-order chi connectivity index (χ0) is 19.7. The molecule has 0 amide bonds. The van der Waals surface area contributed by atoms with Gasteiger partial charge < -0.3 is 4.42 Å². The molecule has 0 saturated carbocycles. The molecule has 0 atom stereocenters. The van der Waals surface area contributed by atoms with E-state index >= 15 is 0 Å². The molecule has 154 valence electrons. The van der Waals surface area contributed by atoms with Gasteiger partial charge in [0.05, 0.1) is 12.2 Å². The van der Waals surface area contributed by atoms with Gasteiger partial charge in [0.1, 0.15) is 0 Å². The Balaban J connectivity index is 1.42. The SMILES string of the molecule is O=c1oc2cc(Br)ccc2n1CN1CCN(S(=O)(=O)N2CCCCCC2)CC1. The molecule has 4 rings (SSSR count). The van der Waals surface area contributed by atoms with E-state index in [1.54, 1.807) is 19.2 Å². The molecule has 3 heterocycles. The molecule has 0 bridgehead atoms. The summed E-state index contributed by atoms with van der Waals surface area (Å²) in [5, 5.41) is 0. The second-order valence-electron chi connectivity index (χ2n) is 7.39. The van der Waals surface area contributed by atoms with Crippen LogP contribution in [0.5, 0.6) is 0 Å². The van der Waals surface area contributed by atoms with Gasteiger partial charge in [0.25, 0.3) is 10.2 Å². The zero-order valence-corrected chi connectivity index (χ0v) is 18.1. The van der Waals surface area contributed by atoms with Gasteiger partial charge in [-0.25, -0.2) is 4.79 Å². The van der Waals surface area contributed by atoms with Gasteiger partial charge in [0.15, 0.2) is 5.58 Å². The fraction of sp³-hybridized carbons (Fsp3) is 0.611. The number of benzene rings is 1. The molecule has 2 saturated heterocycles. The van der Waals surface area contributed by atoms with E-state index in [1.807, 2.05) is 12.1 Å². The highest BCUT2D eigenvalue weighted by atomic mass is 79.9. The predicted molar refractivity (Wildman–Crippen MR) is 110 cm³/mol. The van der Waals surface area contributed by atoms with Crippen molar-refractivity contribution in [2.24, 2.45) is 0 Å². The fourth-order valence-corrected chi connectivity index (χ4v) is 5.92. The van der Waals surface area contributed by atoms with Crippen molar-refractivity contribution < 1.29 is 12.8 Å². The van der Waals surface area contributed by atoms with Gasteiger partial charge in [-0.15, -0.1) is 0 Å². The van der Waals surface area contributed by atoms with E-state index in [-0.39, 0.29) is 0 Å². The van der Waals surface area contributed by atoms with E-state index in [4.69, 9.17) is 4.42 Å². The highest BCUT2D eigenvalue weighted by Crippen LogP contribution is 2.21. The molecule has 1 aromatic carbocycles. The van der Waals surface area contributed by atoms with Gasteiger partial charge in [0, 0.05) is 43.7 Å². The molecule has 28 heavy (non-hydrogen) atoms. The van der Waals surface area contributed by atoms with Crippen molar-refractivity contribution in [2.45, 2.75) is 32.4 Å². The maximum Gasteiger partial charge on any atom is 0.421 e. The number of rotatable bonds is 4. The minimum absolute atomic E-state index is 0.394. The lowest BCUT2D eigenvalue weighted by Gasteiger charge is -2.36. The van der Waals surface area contributed by atoms with Crippen molar-refractivity contribution in [1.82, 2.24) is 18.1 Å². The number of oxazole rings is 1. The second-order valence-corrected chi connectivity index (χ2v) is 10.2. The summed E-state index contributed by atoms with van der Waals surface area (Å²) in [5.41, 5.74) is 1.29. The summed E-state index contributed by atoms with van der Waals surface area (Å²) in [7, 11) is -3.39. The highest BCUT2D eigenvalue weighted by molar-refractivity contribution is 9.10. The summed E-state index contributed by atoms with van der Waals surface area (Å²) in [6.45, 7) is 3.68. The molecular formula is C18H25BrN4O4S. The van der Waals surface area contributed by atoms with E-state index in [1.165, 1.54) is 0 Å². The Hall–Kier alpha value is -1.20. The van der Waals surface area contributed by atoms with Crippen LogP contribution in [0.15, 0.2) is 31.9 Å². The summed E-state index contributed by atoms with van der Waals surface area (Å²) in [5.74, 6) is -0.396. The quantitative estimate of drug-likeness (QED) is 0.680. The van der Waals surface area contributed by atoms with Gasteiger partial charge in [-0.1, -0.05) is 28.8 Å². The van der Waals surface area contributed by atoms with Crippen molar-refractivity contribution in [2.75, 3.05) is 39.3 Å². The molecule has 0 spiro atoms. The van der Waals surface area contributed by atoms with Crippen LogP contribution in [-0.2, 0) is 16.9 Å². The third-order valence-electron chi connectivity index (χ3n) is 5.52. The standard InChI is InChI=1S/C18H25BrN4O4S/c19-15-5-6-16-17(13-15)27-18(24)23(16)14-20-9-11-22(12-10-20)28(25,26)21-7-3-1-2-4-8-21/h5-6,13H,1-4,7-12,14H2. The Morgan fingerprint density at radius 3 is 2.25 bits per heavy atom. The lowest BCUT2D eigenvalue weighted by Crippen LogP contribution is -2.53. The normalized spacial score (nSPS) is 21.2. The fourth-order valence-electron chi connectivity index (χ4n) is 3.91. The van der Waals surface area contributed by atoms with E-state index < -0.39 is 16.0 Å². The molecule has 2 aliphatic rings. The molecule has 8 nitrogen and oxygen atoms in total. The first-order chi connectivity index (χ1) is 13.4. The molecule has 2 aromatic rings. The lowest BCUT2D eigenvalue weighted by molar-refractivity contribution is 0.145. The Morgan fingerprint density at radius 1 is 0.929 bits per heavy atom. The summed E-state index contributed by atoms with van der Waals surface area (Å²) in [4.78, 5) is 14.3. The molecule has 0 N–H and O–H groups in total. The molecule has 0 unspecified atom stereocenters. The van der Waals surface area contributed by atoms with Crippen molar-refractivity contribution >= 4 is 37.2 Å². The molecule has 2 aliphatic heterocycles. The van der Waals surface area contributed by atoms with E-state index in [2.05, 4.69) is 20.8 Å². The van der Waals surface area contributed by atoms with E-state index in [0.717, 1.165) is 35.7 Å². The van der Waals surface area contributed by atoms with Crippen LogP contribution in [0.3, 0.4) is 0 Å². The minimum Gasteiger partial charge on any atom is -0.408 e. The van der Waals surface area contributed by atoms with Crippen molar-refractivity contribution in [3.8, 4) is 0 Å². The summed E-state index contributed by atoms with van der Waals surface area (Å²) in [6.07, 6.45) is 4.07. The smallest absolute Gasteiger partial charge is 0.408 e. The number of aromatic nitrogens is 1. The number of fused-ring (bicyclic) bond motifs is 1. The Morgan fingerprint density at radius 2 is 1.57 bits per heavy atom. The number of piperazine rings is 1. The van der Waals surface area contributed by atoms with Crippen LogP contribution in [0.2, 0.25) is 0 Å². The van der Waals surface area contributed by atoms with E-state index in [0.29, 0.717) is 51.5 Å². The van der Waals surface area contributed by atoms with Crippen LogP contribution < -0.4 is 5.76 Å². The number of hydrogen-bond acceptors (Lipinski definition) is 5.